The van der Waals surface area contributed by atoms with Gasteiger partial charge in [0.25, 0.3) is 0 Å². The summed E-state index contributed by atoms with van der Waals surface area (Å²) < 4.78 is 0. The van der Waals surface area contributed by atoms with Gasteiger partial charge >= 0.3 is 0 Å². The Bertz CT molecular complexity index is 199. The lowest BCUT2D eigenvalue weighted by Crippen LogP contribution is -2.47. The number of hydrogen-bond donors (Lipinski definition) is 4. The van der Waals surface area contributed by atoms with Crippen molar-refractivity contribution in [3.05, 3.63) is 0 Å². The molecular formula is C8H17N3O2S. The Hall–Kier alpha value is -0.750. The van der Waals surface area contributed by atoms with E-state index in [0.717, 1.165) is 0 Å². The van der Waals surface area contributed by atoms with Crippen molar-refractivity contribution in [1.82, 2.24) is 10.6 Å². The fraction of sp³-hybridized carbons (Fsp3) is 0.750. The number of carbonyl (C=O) groups excluding carboxylic acids is 2. The highest BCUT2D eigenvalue weighted by atomic mass is 32.1. The second-order valence-corrected chi connectivity index (χ2v) is 3.29. The van der Waals surface area contributed by atoms with Crippen molar-refractivity contribution in [3.8, 4) is 0 Å². The highest BCUT2D eigenvalue weighted by Gasteiger charge is 2.17. The van der Waals surface area contributed by atoms with E-state index in [2.05, 4.69) is 23.3 Å². The van der Waals surface area contributed by atoms with Crippen molar-refractivity contribution in [2.24, 2.45) is 5.73 Å². The molecule has 6 heteroatoms. The van der Waals surface area contributed by atoms with Crippen LogP contribution in [0, 0.1) is 0 Å². The minimum atomic E-state index is -0.503. The Morgan fingerprint density at radius 2 is 2.14 bits per heavy atom. The summed E-state index contributed by atoms with van der Waals surface area (Å²) in [5, 5.41) is 5.16. The van der Waals surface area contributed by atoms with Crippen LogP contribution >= 0.6 is 12.6 Å². The molecule has 2 amide bonds. The first-order valence-corrected chi connectivity index (χ1v) is 5.10. The zero-order valence-corrected chi connectivity index (χ0v) is 9.14. The summed E-state index contributed by atoms with van der Waals surface area (Å²) in [5.41, 5.74) is 5.24. The second-order valence-electron chi connectivity index (χ2n) is 2.85. The first-order valence-electron chi connectivity index (χ1n) is 4.47. The van der Waals surface area contributed by atoms with Gasteiger partial charge in [0.2, 0.25) is 11.8 Å². The molecule has 4 N–H and O–H groups in total. The van der Waals surface area contributed by atoms with Gasteiger partial charge in [0.15, 0.2) is 0 Å². The second kappa shape index (κ2) is 7.64. The average molecular weight is 219 g/mol. The van der Waals surface area contributed by atoms with Gasteiger partial charge in [-0.3, -0.25) is 9.59 Å². The molecule has 0 aromatic heterocycles. The van der Waals surface area contributed by atoms with Gasteiger partial charge < -0.3 is 16.4 Å². The molecule has 5 nitrogen and oxygen atoms in total. The summed E-state index contributed by atoms with van der Waals surface area (Å²) in [4.78, 5) is 22.2. The molecule has 0 rings (SSSR count). The number of nitrogens with one attached hydrogen (secondary N) is 2. The van der Waals surface area contributed by atoms with Crippen LogP contribution in [0.5, 0.6) is 0 Å². The molecule has 1 atom stereocenters. The van der Waals surface area contributed by atoms with Gasteiger partial charge in [-0.25, -0.2) is 0 Å². The zero-order chi connectivity index (χ0) is 11.0. The molecule has 0 aliphatic rings. The Labute approximate surface area is 89.2 Å². The Morgan fingerprint density at radius 1 is 1.50 bits per heavy atom. The quantitative estimate of drug-likeness (QED) is 0.427. The van der Waals surface area contributed by atoms with Crippen molar-refractivity contribution >= 4 is 24.4 Å². The third-order valence-electron chi connectivity index (χ3n) is 1.56. The zero-order valence-electron chi connectivity index (χ0n) is 8.25. The average Bonchev–Trinajstić information content (AvgIpc) is 2.13. The van der Waals surface area contributed by atoms with E-state index in [-0.39, 0.29) is 11.8 Å². The molecule has 0 aromatic carbocycles. The monoisotopic (exact) mass is 219 g/mol. The highest BCUT2D eigenvalue weighted by molar-refractivity contribution is 7.80. The van der Waals surface area contributed by atoms with E-state index < -0.39 is 6.04 Å². The molecule has 82 valence electrons. The lowest BCUT2D eigenvalue weighted by Gasteiger charge is -2.16. The van der Waals surface area contributed by atoms with Crippen LogP contribution in [-0.2, 0) is 9.59 Å². The minimum absolute atomic E-state index is 0.209. The first-order chi connectivity index (χ1) is 6.61. The fourth-order valence-corrected chi connectivity index (χ4v) is 1.22. The van der Waals surface area contributed by atoms with E-state index in [9.17, 15) is 9.59 Å². The van der Waals surface area contributed by atoms with Gasteiger partial charge in [-0.1, -0.05) is 0 Å². The molecule has 0 bridgehead atoms. The van der Waals surface area contributed by atoms with Crippen LogP contribution in [-0.4, -0.2) is 36.7 Å². The van der Waals surface area contributed by atoms with Gasteiger partial charge in [0.1, 0.15) is 6.04 Å². The fourth-order valence-electron chi connectivity index (χ4n) is 0.962. The van der Waals surface area contributed by atoms with Crippen LogP contribution in [0.2, 0.25) is 0 Å². The predicted octanol–water partition coefficient (Wildman–Crippen LogP) is -1.11. The van der Waals surface area contributed by atoms with Crippen LogP contribution < -0.4 is 16.4 Å². The summed E-state index contributed by atoms with van der Waals surface area (Å²) >= 11 is 4.01. The van der Waals surface area contributed by atoms with E-state index >= 15 is 0 Å². The maximum absolute atomic E-state index is 11.4. The van der Waals surface area contributed by atoms with Crippen LogP contribution in [0.4, 0.5) is 0 Å². The molecule has 0 aliphatic carbocycles. The van der Waals surface area contributed by atoms with E-state index in [4.69, 9.17) is 5.73 Å². The van der Waals surface area contributed by atoms with Crippen molar-refractivity contribution in [2.45, 2.75) is 19.4 Å². The lowest BCUT2D eigenvalue weighted by molar-refractivity contribution is -0.128. The molecule has 0 heterocycles. The van der Waals surface area contributed by atoms with E-state index in [1.54, 1.807) is 0 Å². The van der Waals surface area contributed by atoms with Crippen LogP contribution in [0.15, 0.2) is 0 Å². The molecular weight excluding hydrogens is 202 g/mol. The predicted molar refractivity (Wildman–Crippen MR) is 58.1 cm³/mol. The molecule has 0 saturated heterocycles. The van der Waals surface area contributed by atoms with Gasteiger partial charge in [-0.15, -0.1) is 0 Å². The van der Waals surface area contributed by atoms with Crippen molar-refractivity contribution in [3.63, 3.8) is 0 Å². The molecule has 0 spiro atoms. The third kappa shape index (κ3) is 5.82. The largest absolute Gasteiger partial charge is 0.353 e. The van der Waals surface area contributed by atoms with E-state index in [0.29, 0.717) is 25.3 Å². The topological polar surface area (TPSA) is 84.2 Å². The molecule has 0 fully saturated rings. The lowest BCUT2D eigenvalue weighted by atomic mass is 10.2. The molecule has 14 heavy (non-hydrogen) atoms. The van der Waals surface area contributed by atoms with E-state index in [1.807, 2.05) is 0 Å². The summed E-state index contributed by atoms with van der Waals surface area (Å²) in [7, 11) is 0. The summed E-state index contributed by atoms with van der Waals surface area (Å²) in [5.74, 6) is 0.112. The number of hydrogen-bond acceptors (Lipinski definition) is 4. The van der Waals surface area contributed by atoms with Crippen LogP contribution in [0.3, 0.4) is 0 Å². The van der Waals surface area contributed by atoms with Crippen molar-refractivity contribution in [2.75, 3.05) is 18.8 Å². The smallest absolute Gasteiger partial charge is 0.242 e. The Kier molecular flexibility index (Phi) is 7.23. The van der Waals surface area contributed by atoms with Crippen molar-refractivity contribution in [1.29, 1.82) is 0 Å². The maximum atomic E-state index is 11.4. The molecule has 0 saturated carbocycles. The summed E-state index contributed by atoms with van der Waals surface area (Å²) in [6, 6.07) is -0.503. The van der Waals surface area contributed by atoms with Gasteiger partial charge in [-0.05, 0) is 12.2 Å². The number of amides is 2. The number of rotatable bonds is 6. The maximum Gasteiger partial charge on any atom is 0.242 e. The summed E-state index contributed by atoms with van der Waals surface area (Å²) in [6.07, 6.45) is 0.513. The SMILES string of the molecule is CC(=O)NC(CCS)C(=O)NCCN. The van der Waals surface area contributed by atoms with Crippen LogP contribution in [0.25, 0.3) is 0 Å². The Balaban J connectivity index is 4.03. The molecule has 1 unspecified atom stereocenters. The Morgan fingerprint density at radius 3 is 2.57 bits per heavy atom. The molecule has 0 aliphatic heterocycles. The highest BCUT2D eigenvalue weighted by Crippen LogP contribution is 1.94. The van der Waals surface area contributed by atoms with Gasteiger partial charge in [0, 0.05) is 20.0 Å². The minimum Gasteiger partial charge on any atom is -0.353 e. The number of nitrogens with two attached hydrogens (primary N) is 1. The third-order valence-corrected chi connectivity index (χ3v) is 1.81. The van der Waals surface area contributed by atoms with E-state index in [1.165, 1.54) is 6.92 Å². The van der Waals surface area contributed by atoms with Gasteiger partial charge in [-0.2, -0.15) is 12.6 Å². The molecule has 0 aromatic rings. The number of thiol groups is 1. The molecule has 0 radical (unpaired) electrons. The standard InChI is InChI=1S/C8H17N3O2S/c1-6(12)11-7(2-5-14)8(13)10-4-3-9/h7,14H,2-5,9H2,1H3,(H,10,13)(H,11,12). The number of carbonyl (C=O) groups is 2. The normalized spacial score (nSPS) is 11.9. The summed E-state index contributed by atoms with van der Waals surface area (Å²) in [6.45, 7) is 2.18. The van der Waals surface area contributed by atoms with Crippen LogP contribution in [0.1, 0.15) is 13.3 Å². The first kappa shape index (κ1) is 13.2. The van der Waals surface area contributed by atoms with Gasteiger partial charge in [0.05, 0.1) is 0 Å². The van der Waals surface area contributed by atoms with Crippen molar-refractivity contribution < 1.29 is 9.59 Å².